The number of hydrogen-bond acceptors (Lipinski definition) is 5. The molecule has 0 spiro atoms. The Hall–Kier alpha value is 0.0169. The Morgan fingerprint density at radius 1 is 1.29 bits per heavy atom. The molecule has 1 aliphatic rings. The van der Waals surface area contributed by atoms with Gasteiger partial charge in [0.1, 0.15) is 0 Å². The SMILES string of the molecule is CC(N)N1CC1C.CO[SiH](OC)OC. The van der Waals surface area contributed by atoms with E-state index in [4.69, 9.17) is 19.0 Å². The highest BCUT2D eigenvalue weighted by Crippen LogP contribution is 2.16. The van der Waals surface area contributed by atoms with Crippen LogP contribution in [0, 0.1) is 0 Å². The van der Waals surface area contributed by atoms with Crippen molar-refractivity contribution in [1.29, 1.82) is 0 Å². The molecule has 0 aromatic heterocycles. The van der Waals surface area contributed by atoms with E-state index in [2.05, 4.69) is 11.8 Å². The maximum Gasteiger partial charge on any atom is 0.483 e. The molecule has 2 N–H and O–H groups in total. The number of rotatable bonds is 4. The van der Waals surface area contributed by atoms with E-state index in [0.717, 1.165) is 6.04 Å². The summed E-state index contributed by atoms with van der Waals surface area (Å²) in [6.45, 7) is 5.39. The maximum atomic E-state index is 5.51. The summed E-state index contributed by atoms with van der Waals surface area (Å²) in [6, 6.07) is 0.750. The quantitative estimate of drug-likeness (QED) is 0.520. The van der Waals surface area contributed by atoms with Crippen LogP contribution >= 0.6 is 0 Å². The predicted molar refractivity (Wildman–Crippen MR) is 58.0 cm³/mol. The van der Waals surface area contributed by atoms with Crippen LogP contribution in [0.1, 0.15) is 13.8 Å². The highest BCUT2D eigenvalue weighted by molar-refractivity contribution is 6.36. The number of hydrogen-bond donors (Lipinski definition) is 1. The summed E-state index contributed by atoms with van der Waals surface area (Å²) >= 11 is 0. The van der Waals surface area contributed by atoms with E-state index in [1.165, 1.54) is 6.54 Å². The smallest absolute Gasteiger partial charge is 0.379 e. The first-order chi connectivity index (χ1) is 6.56. The van der Waals surface area contributed by atoms with Crippen LogP contribution < -0.4 is 5.73 Å². The second-order valence-corrected chi connectivity index (χ2v) is 5.27. The molecular formula is C8H22N2O3Si. The van der Waals surface area contributed by atoms with Crippen LogP contribution in [-0.2, 0) is 13.3 Å². The largest absolute Gasteiger partial charge is 0.483 e. The van der Waals surface area contributed by atoms with Crippen LogP contribution in [-0.4, -0.2) is 54.5 Å². The van der Waals surface area contributed by atoms with Gasteiger partial charge in [0.15, 0.2) is 0 Å². The third-order valence-electron chi connectivity index (χ3n) is 2.01. The zero-order valence-electron chi connectivity index (χ0n) is 9.69. The van der Waals surface area contributed by atoms with Gasteiger partial charge in [-0.3, -0.25) is 4.90 Å². The normalized spacial score (nSPS) is 26.8. The molecule has 1 saturated heterocycles. The Kier molecular flexibility index (Phi) is 7.34. The third-order valence-corrected chi connectivity index (χ3v) is 3.16. The summed E-state index contributed by atoms with van der Waals surface area (Å²) in [7, 11) is 3.05. The van der Waals surface area contributed by atoms with Crippen molar-refractivity contribution in [3.63, 3.8) is 0 Å². The van der Waals surface area contributed by atoms with Crippen molar-refractivity contribution in [2.45, 2.75) is 26.1 Å². The average Bonchev–Trinajstić information content (AvgIpc) is 2.87. The van der Waals surface area contributed by atoms with Gasteiger partial charge in [-0.05, 0) is 13.8 Å². The van der Waals surface area contributed by atoms with Crippen molar-refractivity contribution in [3.05, 3.63) is 0 Å². The van der Waals surface area contributed by atoms with Gasteiger partial charge in [0.2, 0.25) is 0 Å². The second-order valence-electron chi connectivity index (χ2n) is 3.28. The summed E-state index contributed by atoms with van der Waals surface area (Å²) < 4.78 is 14.2. The molecule has 0 aromatic rings. The summed E-state index contributed by atoms with van der Waals surface area (Å²) in [5, 5.41) is 0. The molecule has 0 aliphatic carbocycles. The van der Waals surface area contributed by atoms with Crippen LogP contribution in [0.5, 0.6) is 0 Å². The van der Waals surface area contributed by atoms with Crippen LogP contribution in [0.4, 0.5) is 0 Å². The topological polar surface area (TPSA) is 56.7 Å². The van der Waals surface area contributed by atoms with Crippen molar-refractivity contribution in [1.82, 2.24) is 4.90 Å². The summed E-state index contributed by atoms with van der Waals surface area (Å²) in [5.74, 6) is 0. The average molecular weight is 222 g/mol. The minimum Gasteiger partial charge on any atom is -0.379 e. The fourth-order valence-corrected chi connectivity index (χ4v) is 1.69. The molecule has 3 unspecified atom stereocenters. The van der Waals surface area contributed by atoms with Crippen LogP contribution in [0.15, 0.2) is 0 Å². The zero-order valence-corrected chi connectivity index (χ0v) is 10.8. The van der Waals surface area contributed by atoms with Gasteiger partial charge in [-0.25, -0.2) is 0 Å². The summed E-state index contributed by atoms with van der Waals surface area (Å²) in [6.07, 6.45) is 0.273. The van der Waals surface area contributed by atoms with Gasteiger partial charge in [-0.1, -0.05) is 0 Å². The van der Waals surface area contributed by atoms with Gasteiger partial charge >= 0.3 is 9.53 Å². The molecule has 86 valence electrons. The molecule has 1 rings (SSSR count). The predicted octanol–water partition coefficient (Wildman–Crippen LogP) is -0.362. The lowest BCUT2D eigenvalue weighted by Gasteiger charge is -2.05. The molecule has 5 nitrogen and oxygen atoms in total. The van der Waals surface area contributed by atoms with Crippen molar-refractivity contribution in [2.75, 3.05) is 27.9 Å². The molecule has 14 heavy (non-hydrogen) atoms. The molecule has 1 heterocycles. The van der Waals surface area contributed by atoms with E-state index in [9.17, 15) is 0 Å². The number of nitrogens with zero attached hydrogens (tertiary/aromatic N) is 1. The minimum atomic E-state index is -1.67. The van der Waals surface area contributed by atoms with Crippen LogP contribution in [0.3, 0.4) is 0 Å². The van der Waals surface area contributed by atoms with E-state index < -0.39 is 9.53 Å². The molecule has 0 amide bonds. The zero-order chi connectivity index (χ0) is 11.1. The van der Waals surface area contributed by atoms with E-state index >= 15 is 0 Å². The third kappa shape index (κ3) is 5.69. The van der Waals surface area contributed by atoms with Gasteiger partial charge in [0.05, 0.1) is 6.17 Å². The standard InChI is InChI=1S/C5H12N2.C3H10O3Si/c1-4-3-7(4)5(2)6;1-4-7(5-2)6-3/h4-5H,3,6H2,1-2H3;7H,1-3H3. The van der Waals surface area contributed by atoms with Crippen molar-refractivity contribution in [3.8, 4) is 0 Å². The fourth-order valence-electron chi connectivity index (χ4n) is 1.11. The lowest BCUT2D eigenvalue weighted by Crippen LogP contribution is -2.25. The molecule has 0 radical (unpaired) electrons. The molecule has 6 heteroatoms. The second kappa shape index (κ2) is 7.33. The highest BCUT2D eigenvalue weighted by atomic mass is 28.3. The maximum absolute atomic E-state index is 5.51. The Balaban J connectivity index is 0.000000241. The molecule has 3 atom stereocenters. The van der Waals surface area contributed by atoms with Crippen molar-refractivity contribution < 1.29 is 13.3 Å². The van der Waals surface area contributed by atoms with Crippen molar-refractivity contribution >= 4 is 9.53 Å². The molecule has 0 bridgehead atoms. The lowest BCUT2D eigenvalue weighted by molar-refractivity contribution is 0.163. The van der Waals surface area contributed by atoms with Crippen molar-refractivity contribution in [2.24, 2.45) is 5.73 Å². The first kappa shape index (κ1) is 14.0. The van der Waals surface area contributed by atoms with Crippen LogP contribution in [0.25, 0.3) is 0 Å². The first-order valence-electron chi connectivity index (χ1n) is 4.66. The van der Waals surface area contributed by atoms with Gasteiger partial charge in [-0.15, -0.1) is 0 Å². The monoisotopic (exact) mass is 222 g/mol. The van der Waals surface area contributed by atoms with Gasteiger partial charge in [0, 0.05) is 33.9 Å². The Labute approximate surface area is 88.1 Å². The summed E-state index contributed by atoms with van der Waals surface area (Å²) in [5.41, 5.74) is 5.51. The molecule has 0 saturated carbocycles. The van der Waals surface area contributed by atoms with E-state index in [1.807, 2.05) is 6.92 Å². The van der Waals surface area contributed by atoms with Crippen LogP contribution in [0.2, 0.25) is 0 Å². The van der Waals surface area contributed by atoms with E-state index in [-0.39, 0.29) is 6.17 Å². The van der Waals surface area contributed by atoms with Gasteiger partial charge in [-0.2, -0.15) is 0 Å². The Morgan fingerprint density at radius 3 is 1.64 bits per heavy atom. The molecular weight excluding hydrogens is 200 g/mol. The lowest BCUT2D eigenvalue weighted by atomic mass is 10.5. The Bertz CT molecular complexity index is 139. The Morgan fingerprint density at radius 2 is 1.64 bits per heavy atom. The van der Waals surface area contributed by atoms with Gasteiger partial charge < -0.3 is 19.0 Å². The summed E-state index contributed by atoms with van der Waals surface area (Å²) in [4.78, 5) is 2.24. The molecule has 1 aliphatic heterocycles. The highest BCUT2D eigenvalue weighted by Gasteiger charge is 2.31. The minimum absolute atomic E-state index is 0.273. The fraction of sp³-hybridized carbons (Fsp3) is 1.00. The molecule has 1 fully saturated rings. The number of nitrogens with two attached hydrogens (primary N) is 1. The molecule has 0 aromatic carbocycles. The van der Waals surface area contributed by atoms with E-state index in [1.54, 1.807) is 21.3 Å². The van der Waals surface area contributed by atoms with Gasteiger partial charge in [0.25, 0.3) is 0 Å². The van der Waals surface area contributed by atoms with E-state index in [0.29, 0.717) is 0 Å². The first-order valence-corrected chi connectivity index (χ1v) is 6.07.